The minimum atomic E-state index is -4.77. The fourth-order valence-corrected chi connectivity index (χ4v) is 6.36. The number of aliphatic hydroxyl groups is 1. The maximum Gasteiger partial charge on any atom is 0.573 e. The van der Waals surface area contributed by atoms with Gasteiger partial charge < -0.3 is 28.8 Å². The Labute approximate surface area is 270 Å². The van der Waals surface area contributed by atoms with Crippen LogP contribution in [0.5, 0.6) is 5.75 Å². The van der Waals surface area contributed by atoms with E-state index in [1.54, 1.807) is 18.2 Å². The van der Waals surface area contributed by atoms with Gasteiger partial charge in [0.2, 0.25) is 5.79 Å². The molecule has 242 valence electrons. The number of halogens is 4. The molecule has 2 heterocycles. The molecule has 6 nitrogen and oxygen atoms in total. The van der Waals surface area contributed by atoms with E-state index in [1.807, 2.05) is 79.7 Å². The fourth-order valence-electron chi connectivity index (χ4n) is 6.18. The molecule has 10 heteroatoms. The molecule has 5 atom stereocenters. The third-order valence-corrected chi connectivity index (χ3v) is 9.08. The van der Waals surface area contributed by atoms with Gasteiger partial charge in [-0.1, -0.05) is 97.4 Å². The first-order chi connectivity index (χ1) is 22.1. The largest absolute Gasteiger partial charge is 0.573 e. The van der Waals surface area contributed by atoms with Crippen molar-refractivity contribution in [2.24, 2.45) is 5.92 Å². The number of alkyl halides is 3. The second-order valence-electron chi connectivity index (χ2n) is 11.7. The number of aliphatic hydroxyl groups excluding tert-OH is 1. The molecule has 2 bridgehead atoms. The van der Waals surface area contributed by atoms with E-state index in [0.717, 1.165) is 16.7 Å². The third kappa shape index (κ3) is 6.81. The van der Waals surface area contributed by atoms with Crippen molar-refractivity contribution in [2.75, 3.05) is 13.2 Å². The Hall–Kier alpha value is -3.44. The van der Waals surface area contributed by atoms with Crippen LogP contribution in [0.3, 0.4) is 0 Å². The molecule has 4 aromatic rings. The van der Waals surface area contributed by atoms with Crippen LogP contribution in [0, 0.1) is 5.92 Å². The Morgan fingerprint density at radius 2 is 1.48 bits per heavy atom. The van der Waals surface area contributed by atoms with Gasteiger partial charge in [-0.25, -0.2) is 0 Å². The molecule has 2 aliphatic rings. The van der Waals surface area contributed by atoms with Crippen LogP contribution in [0.1, 0.15) is 34.7 Å². The lowest BCUT2D eigenvalue weighted by Gasteiger charge is -2.50. The summed E-state index contributed by atoms with van der Waals surface area (Å²) in [5.74, 6) is -2.06. The topological polar surface area (TPSA) is 66.4 Å². The Balaban J connectivity index is 1.35. The molecule has 46 heavy (non-hydrogen) atoms. The van der Waals surface area contributed by atoms with Crippen LogP contribution in [-0.2, 0) is 44.4 Å². The van der Waals surface area contributed by atoms with E-state index in [1.165, 1.54) is 12.1 Å². The molecule has 0 unspecified atom stereocenters. The van der Waals surface area contributed by atoms with E-state index in [4.69, 9.17) is 30.5 Å². The van der Waals surface area contributed by atoms with Crippen LogP contribution in [0.2, 0.25) is 5.02 Å². The van der Waals surface area contributed by atoms with E-state index in [-0.39, 0.29) is 31.5 Å². The summed E-state index contributed by atoms with van der Waals surface area (Å²) < 4.78 is 68.6. The van der Waals surface area contributed by atoms with E-state index >= 15 is 0 Å². The van der Waals surface area contributed by atoms with Crippen molar-refractivity contribution in [3.8, 4) is 5.75 Å². The monoisotopic (exact) mass is 654 g/mol. The number of ether oxygens (including phenoxy) is 5. The van der Waals surface area contributed by atoms with Gasteiger partial charge in [-0.3, -0.25) is 0 Å². The van der Waals surface area contributed by atoms with Gasteiger partial charge in [-0.05, 0) is 52.9 Å². The van der Waals surface area contributed by atoms with Crippen molar-refractivity contribution in [1.29, 1.82) is 0 Å². The minimum Gasteiger partial charge on any atom is -0.406 e. The van der Waals surface area contributed by atoms with Crippen LogP contribution < -0.4 is 4.74 Å². The van der Waals surface area contributed by atoms with E-state index < -0.39 is 30.0 Å². The van der Waals surface area contributed by atoms with Gasteiger partial charge in [0.05, 0.1) is 32.5 Å². The van der Waals surface area contributed by atoms with Gasteiger partial charge in [0, 0.05) is 16.5 Å². The Bertz CT molecular complexity index is 1600. The molecule has 0 radical (unpaired) electrons. The molecule has 2 aliphatic heterocycles. The van der Waals surface area contributed by atoms with Gasteiger partial charge in [0.1, 0.15) is 17.5 Å². The SMILES string of the molecule is C[C@H]1[C@H](OCc2ccccc2)[C@@H](OCc2ccccc2)[C@@]2(c3ccc(Cl)c(Cc4ccc(OC(F)(F)F)cc4)c3)OC[C@]1(CO)O2. The van der Waals surface area contributed by atoms with Crippen LogP contribution in [-0.4, -0.2) is 42.5 Å². The first-order valence-corrected chi connectivity index (χ1v) is 15.4. The normalized spacial score (nSPS) is 25.8. The summed E-state index contributed by atoms with van der Waals surface area (Å²) in [7, 11) is 0. The minimum absolute atomic E-state index is 0.111. The van der Waals surface area contributed by atoms with Gasteiger partial charge in [-0.15, -0.1) is 13.2 Å². The average molecular weight is 655 g/mol. The molecular formula is C36H34ClF3O6. The van der Waals surface area contributed by atoms with Crippen molar-refractivity contribution in [1.82, 2.24) is 0 Å². The summed E-state index contributed by atoms with van der Waals surface area (Å²) in [5.41, 5.74) is 2.94. The second-order valence-corrected chi connectivity index (χ2v) is 12.1. The number of hydrogen-bond donors (Lipinski definition) is 1. The molecule has 0 aromatic heterocycles. The lowest BCUT2D eigenvalue weighted by Crippen LogP contribution is -2.63. The number of fused-ring (bicyclic) bond motifs is 2. The molecule has 0 aliphatic carbocycles. The maximum absolute atomic E-state index is 12.7. The van der Waals surface area contributed by atoms with Gasteiger partial charge >= 0.3 is 6.36 Å². The summed E-state index contributed by atoms with van der Waals surface area (Å²) in [5, 5.41) is 11.1. The fraction of sp³-hybridized carbons (Fsp3) is 0.333. The standard InChI is InChI=1S/C36H34ClF3O6/c1-24-32(42-20-26-8-4-2-5-9-26)33(43-21-27-10-6-3-7-11-27)35(44-23-34(24,22-41)46-35)29-14-17-31(37)28(19-29)18-25-12-15-30(16-13-25)45-36(38,39)40/h2-17,19,24,32-33,41H,18,20-23H2,1H3/t24-,32-,33+,34-,35-/m0/s1. The molecule has 2 saturated heterocycles. The summed E-state index contributed by atoms with van der Waals surface area (Å²) in [6.45, 7) is 2.37. The van der Waals surface area contributed by atoms with Crippen LogP contribution in [0.25, 0.3) is 0 Å². The average Bonchev–Trinajstić information content (AvgIpc) is 3.42. The van der Waals surface area contributed by atoms with Crippen molar-refractivity contribution in [3.05, 3.63) is 136 Å². The number of rotatable bonds is 11. The predicted octanol–water partition coefficient (Wildman–Crippen LogP) is 7.58. The molecule has 0 spiro atoms. The lowest BCUT2D eigenvalue weighted by molar-refractivity contribution is -0.336. The van der Waals surface area contributed by atoms with Crippen LogP contribution in [0.4, 0.5) is 13.2 Å². The van der Waals surface area contributed by atoms with E-state index in [2.05, 4.69) is 4.74 Å². The van der Waals surface area contributed by atoms with Gasteiger partial charge in [-0.2, -0.15) is 0 Å². The van der Waals surface area contributed by atoms with E-state index in [0.29, 0.717) is 29.2 Å². The summed E-state index contributed by atoms with van der Waals surface area (Å²) >= 11 is 6.65. The summed E-state index contributed by atoms with van der Waals surface area (Å²) in [6.07, 6.45) is -5.74. The highest BCUT2D eigenvalue weighted by molar-refractivity contribution is 6.31. The van der Waals surface area contributed by atoms with E-state index in [9.17, 15) is 18.3 Å². The Morgan fingerprint density at radius 3 is 2.09 bits per heavy atom. The molecule has 1 N–H and O–H groups in total. The zero-order chi connectivity index (χ0) is 32.4. The van der Waals surface area contributed by atoms with Crippen molar-refractivity contribution < 1.29 is 42.0 Å². The maximum atomic E-state index is 12.7. The van der Waals surface area contributed by atoms with Crippen LogP contribution in [0.15, 0.2) is 103 Å². The van der Waals surface area contributed by atoms with Crippen LogP contribution >= 0.6 is 11.6 Å². The lowest BCUT2D eigenvalue weighted by atomic mass is 9.78. The van der Waals surface area contributed by atoms with Crippen molar-refractivity contribution >= 4 is 11.6 Å². The quantitative estimate of drug-likeness (QED) is 0.180. The molecule has 0 saturated carbocycles. The second kappa shape index (κ2) is 13.4. The molecule has 6 rings (SSSR count). The highest BCUT2D eigenvalue weighted by Crippen LogP contribution is 2.54. The van der Waals surface area contributed by atoms with Gasteiger partial charge in [0.15, 0.2) is 0 Å². The zero-order valence-corrected chi connectivity index (χ0v) is 25.8. The van der Waals surface area contributed by atoms with Gasteiger partial charge in [0.25, 0.3) is 0 Å². The zero-order valence-electron chi connectivity index (χ0n) is 25.1. The number of hydrogen-bond acceptors (Lipinski definition) is 6. The third-order valence-electron chi connectivity index (χ3n) is 8.71. The van der Waals surface area contributed by atoms with Crippen molar-refractivity contribution in [3.63, 3.8) is 0 Å². The first kappa shape index (κ1) is 32.5. The summed E-state index contributed by atoms with van der Waals surface area (Å²) in [4.78, 5) is 0. The smallest absolute Gasteiger partial charge is 0.406 e. The Morgan fingerprint density at radius 1 is 0.848 bits per heavy atom. The molecule has 2 fully saturated rings. The molecular weight excluding hydrogens is 621 g/mol. The summed E-state index contributed by atoms with van der Waals surface area (Å²) in [6, 6.07) is 30.6. The molecule has 4 aromatic carbocycles. The Kier molecular flexibility index (Phi) is 9.43. The van der Waals surface area contributed by atoms with Crippen molar-refractivity contribution in [2.45, 2.75) is 56.5 Å². The first-order valence-electron chi connectivity index (χ1n) is 15.0. The predicted molar refractivity (Wildman–Crippen MR) is 165 cm³/mol. The highest BCUT2D eigenvalue weighted by Gasteiger charge is 2.67. The highest BCUT2D eigenvalue weighted by atomic mass is 35.5. The number of benzene rings is 4. The molecule has 0 amide bonds.